The van der Waals surface area contributed by atoms with Gasteiger partial charge in [-0.05, 0) is 42.0 Å². The minimum atomic E-state index is -4.88. The molecule has 4 nitrogen and oxygen atoms in total. The quantitative estimate of drug-likeness (QED) is 0.298. The summed E-state index contributed by atoms with van der Waals surface area (Å²) >= 11 is 6.02. The number of rotatable bonds is 3. The summed E-state index contributed by atoms with van der Waals surface area (Å²) in [5, 5.41) is -0.550. The maximum absolute atomic E-state index is 13.2. The molecule has 0 atom stereocenters. The van der Waals surface area contributed by atoms with Gasteiger partial charge in [0.1, 0.15) is 11.0 Å². The van der Waals surface area contributed by atoms with Gasteiger partial charge in [-0.15, -0.1) is 0 Å². The molecule has 1 aromatic heterocycles. The Balaban J connectivity index is 2.33. The van der Waals surface area contributed by atoms with Gasteiger partial charge in [-0.2, -0.15) is 13.2 Å². The van der Waals surface area contributed by atoms with E-state index in [4.69, 9.17) is 22.3 Å². The van der Waals surface area contributed by atoms with Crippen molar-refractivity contribution in [2.45, 2.75) is 11.1 Å². The summed E-state index contributed by atoms with van der Waals surface area (Å²) in [5.41, 5.74) is -0.0370. The lowest BCUT2D eigenvalue weighted by Crippen LogP contribution is -2.13. The lowest BCUT2D eigenvalue weighted by Gasteiger charge is -2.14. The highest BCUT2D eigenvalue weighted by atomic mass is 35.7. The van der Waals surface area contributed by atoms with Gasteiger partial charge in [0, 0.05) is 21.8 Å². The highest BCUT2D eigenvalue weighted by Gasteiger charge is 2.36. The number of alkyl halides is 3. The zero-order chi connectivity index (χ0) is 20.7. The van der Waals surface area contributed by atoms with E-state index in [1.807, 2.05) is 0 Å². The molecule has 2 aromatic carbocycles. The van der Waals surface area contributed by atoms with E-state index in [2.05, 4.69) is 9.97 Å². The van der Waals surface area contributed by atoms with Gasteiger partial charge in [0.15, 0.2) is 0 Å². The molecular formula is C17H8Cl2F4N2O2S. The van der Waals surface area contributed by atoms with Crippen LogP contribution in [0.3, 0.4) is 0 Å². The van der Waals surface area contributed by atoms with Gasteiger partial charge < -0.3 is 0 Å². The first-order chi connectivity index (χ1) is 13.0. The highest BCUT2D eigenvalue weighted by Crippen LogP contribution is 2.39. The Kier molecular flexibility index (Phi) is 5.35. The van der Waals surface area contributed by atoms with E-state index in [1.165, 1.54) is 30.3 Å². The maximum Gasteiger partial charge on any atom is 0.451 e. The van der Waals surface area contributed by atoms with Crippen molar-refractivity contribution in [3.63, 3.8) is 0 Å². The topological polar surface area (TPSA) is 59.9 Å². The van der Waals surface area contributed by atoms with Crippen LogP contribution in [0.25, 0.3) is 22.4 Å². The first-order valence-electron chi connectivity index (χ1n) is 7.42. The Morgan fingerprint density at radius 2 is 1.57 bits per heavy atom. The van der Waals surface area contributed by atoms with Crippen molar-refractivity contribution >= 4 is 31.3 Å². The summed E-state index contributed by atoms with van der Waals surface area (Å²) in [6.07, 6.45) is -4.88. The summed E-state index contributed by atoms with van der Waals surface area (Å²) in [7, 11) is 1.23. The molecule has 0 amide bonds. The molecule has 0 unspecified atom stereocenters. The van der Waals surface area contributed by atoms with Crippen LogP contribution in [0.15, 0.2) is 53.4 Å². The van der Waals surface area contributed by atoms with Gasteiger partial charge in [-0.25, -0.2) is 22.8 Å². The van der Waals surface area contributed by atoms with Crippen LogP contribution in [0.4, 0.5) is 17.6 Å². The van der Waals surface area contributed by atoms with Crippen molar-refractivity contribution in [2.75, 3.05) is 0 Å². The van der Waals surface area contributed by atoms with E-state index in [0.717, 1.165) is 18.2 Å². The first-order valence-corrected chi connectivity index (χ1v) is 10.1. The summed E-state index contributed by atoms with van der Waals surface area (Å²) < 4.78 is 75.8. The van der Waals surface area contributed by atoms with E-state index in [9.17, 15) is 26.0 Å². The van der Waals surface area contributed by atoms with E-state index >= 15 is 0 Å². The predicted octanol–water partition coefficient (Wildman–Crippen LogP) is 5.55. The van der Waals surface area contributed by atoms with Crippen LogP contribution in [0.5, 0.6) is 0 Å². The van der Waals surface area contributed by atoms with Gasteiger partial charge >= 0.3 is 6.18 Å². The van der Waals surface area contributed by atoms with Crippen LogP contribution in [-0.4, -0.2) is 18.4 Å². The third-order valence-corrected chi connectivity index (χ3v) is 5.27. The third kappa shape index (κ3) is 4.26. The number of hydrogen-bond donors (Lipinski definition) is 0. The molecule has 0 radical (unpaired) electrons. The van der Waals surface area contributed by atoms with Crippen LogP contribution in [0, 0.1) is 5.82 Å². The third-order valence-electron chi connectivity index (χ3n) is 3.64. The fraction of sp³-hybridized carbons (Fsp3) is 0.0588. The smallest absolute Gasteiger partial charge is 0.224 e. The Morgan fingerprint density at radius 3 is 2.14 bits per heavy atom. The fourth-order valence-corrected chi connectivity index (χ4v) is 3.51. The zero-order valence-electron chi connectivity index (χ0n) is 13.5. The lowest BCUT2D eigenvalue weighted by molar-refractivity contribution is -0.144. The summed E-state index contributed by atoms with van der Waals surface area (Å²) in [6.45, 7) is 0. The van der Waals surface area contributed by atoms with Crippen LogP contribution in [-0.2, 0) is 15.2 Å². The Hall–Kier alpha value is -2.23. The molecule has 3 rings (SSSR count). The van der Waals surface area contributed by atoms with Gasteiger partial charge in [0.05, 0.1) is 10.6 Å². The van der Waals surface area contributed by atoms with E-state index < -0.39 is 32.0 Å². The molecule has 0 bridgehead atoms. The largest absolute Gasteiger partial charge is 0.451 e. The molecule has 1 heterocycles. The van der Waals surface area contributed by atoms with Crippen LogP contribution in [0.1, 0.15) is 5.82 Å². The molecule has 0 aliphatic carbocycles. The number of hydrogen-bond acceptors (Lipinski definition) is 4. The summed E-state index contributed by atoms with van der Waals surface area (Å²) in [4.78, 5) is 6.55. The van der Waals surface area contributed by atoms with E-state index in [1.54, 1.807) is 0 Å². The average Bonchev–Trinajstić information content (AvgIpc) is 2.60. The Morgan fingerprint density at radius 1 is 0.929 bits per heavy atom. The van der Waals surface area contributed by atoms with Crippen molar-refractivity contribution in [3.05, 3.63) is 65.3 Å². The molecule has 146 valence electrons. The van der Waals surface area contributed by atoms with Crippen molar-refractivity contribution in [1.82, 2.24) is 9.97 Å². The molecule has 0 spiro atoms. The standard InChI is InChI=1S/C17H8Cl2F4N2O2S/c18-15-13(10-2-1-3-12(8-10)28(19,26)27)14(9-4-6-11(20)7-5-9)24-16(25-15)17(21,22)23/h1-8H. The SMILES string of the molecule is O=S(=O)(Cl)c1cccc(-c2c(Cl)nc(C(F)(F)F)nc2-c2ccc(F)cc2)c1. The Labute approximate surface area is 166 Å². The maximum atomic E-state index is 13.2. The van der Waals surface area contributed by atoms with Crippen molar-refractivity contribution < 1.29 is 26.0 Å². The van der Waals surface area contributed by atoms with Gasteiger partial charge in [0.25, 0.3) is 9.05 Å². The molecule has 0 fully saturated rings. The first kappa shape index (κ1) is 20.5. The minimum Gasteiger partial charge on any atom is -0.224 e. The fourth-order valence-electron chi connectivity index (χ4n) is 2.44. The molecule has 0 saturated heterocycles. The molecule has 0 saturated carbocycles. The zero-order valence-corrected chi connectivity index (χ0v) is 15.8. The van der Waals surface area contributed by atoms with Crippen molar-refractivity contribution in [3.8, 4) is 22.4 Å². The normalized spacial score (nSPS) is 12.2. The van der Waals surface area contributed by atoms with Gasteiger partial charge in [-0.1, -0.05) is 23.7 Å². The number of nitrogens with zero attached hydrogens (tertiary/aromatic N) is 2. The molecule has 3 aromatic rings. The molecule has 28 heavy (non-hydrogen) atoms. The summed E-state index contributed by atoms with van der Waals surface area (Å²) in [5.74, 6) is -2.08. The molecule has 0 N–H and O–H groups in total. The number of halogens is 6. The second kappa shape index (κ2) is 7.31. The van der Waals surface area contributed by atoms with Crippen molar-refractivity contribution in [1.29, 1.82) is 0 Å². The van der Waals surface area contributed by atoms with Crippen LogP contribution >= 0.6 is 22.3 Å². The second-order valence-electron chi connectivity index (χ2n) is 5.53. The molecule has 0 aliphatic heterocycles. The highest BCUT2D eigenvalue weighted by molar-refractivity contribution is 8.13. The van der Waals surface area contributed by atoms with E-state index in [0.29, 0.717) is 0 Å². The predicted molar refractivity (Wildman–Crippen MR) is 95.9 cm³/mol. The minimum absolute atomic E-state index is 0.0524. The van der Waals surface area contributed by atoms with Crippen LogP contribution < -0.4 is 0 Å². The summed E-state index contributed by atoms with van der Waals surface area (Å²) in [6, 6.07) is 9.63. The molecule has 11 heteroatoms. The van der Waals surface area contributed by atoms with Crippen molar-refractivity contribution in [2.24, 2.45) is 0 Å². The number of aromatic nitrogens is 2. The van der Waals surface area contributed by atoms with Gasteiger partial charge in [-0.3, -0.25) is 0 Å². The van der Waals surface area contributed by atoms with Crippen LogP contribution in [0.2, 0.25) is 5.15 Å². The average molecular weight is 451 g/mol. The molecule has 0 aliphatic rings. The number of benzene rings is 2. The lowest BCUT2D eigenvalue weighted by atomic mass is 10.0. The van der Waals surface area contributed by atoms with E-state index in [-0.39, 0.29) is 27.3 Å². The molecular weight excluding hydrogens is 443 g/mol. The Bertz CT molecular complexity index is 1150. The second-order valence-corrected chi connectivity index (χ2v) is 8.46. The van der Waals surface area contributed by atoms with Gasteiger partial charge in [0.2, 0.25) is 5.82 Å². The monoisotopic (exact) mass is 450 g/mol.